The Balaban J connectivity index is 1.30. The number of benzene rings is 4. The van der Waals surface area contributed by atoms with Gasteiger partial charge in [-0.15, -0.1) is 11.3 Å². The second-order valence-electron chi connectivity index (χ2n) is 9.09. The van der Waals surface area contributed by atoms with Crippen molar-refractivity contribution in [3.8, 4) is 22.4 Å². The highest BCUT2D eigenvalue weighted by Gasteiger charge is 2.17. The van der Waals surface area contributed by atoms with Crippen LogP contribution in [0, 0.1) is 0 Å². The summed E-state index contributed by atoms with van der Waals surface area (Å²) in [6.07, 6.45) is 1.84. The van der Waals surface area contributed by atoms with Gasteiger partial charge in [0, 0.05) is 33.5 Å². The first-order chi connectivity index (χ1) is 17.8. The molecule has 36 heavy (non-hydrogen) atoms. The Bertz CT molecular complexity index is 2100. The van der Waals surface area contributed by atoms with Crippen molar-refractivity contribution in [3.05, 3.63) is 115 Å². The van der Waals surface area contributed by atoms with Crippen LogP contribution in [0.5, 0.6) is 0 Å². The SMILES string of the molecule is c1cnc2c(c1)ccc1ccc(-c3ccc(-c4c5ccccc5n5c4sc4ccccc45)cc3)nc12. The maximum atomic E-state index is 5.03. The van der Waals surface area contributed by atoms with Crippen LogP contribution < -0.4 is 0 Å². The van der Waals surface area contributed by atoms with Gasteiger partial charge in [0.2, 0.25) is 0 Å². The van der Waals surface area contributed by atoms with Gasteiger partial charge in [-0.3, -0.25) is 9.38 Å². The topological polar surface area (TPSA) is 30.2 Å². The minimum absolute atomic E-state index is 0.945. The molecule has 168 valence electrons. The Morgan fingerprint density at radius 2 is 1.31 bits per heavy atom. The van der Waals surface area contributed by atoms with Crippen LogP contribution in [0.15, 0.2) is 115 Å². The molecular formula is C32H19N3S. The van der Waals surface area contributed by atoms with E-state index in [1.807, 2.05) is 23.6 Å². The number of pyridine rings is 2. The van der Waals surface area contributed by atoms with Gasteiger partial charge < -0.3 is 0 Å². The van der Waals surface area contributed by atoms with E-state index in [9.17, 15) is 0 Å². The molecular weight excluding hydrogens is 458 g/mol. The molecule has 0 saturated heterocycles. The van der Waals surface area contributed by atoms with Crippen molar-refractivity contribution in [2.75, 3.05) is 0 Å². The highest BCUT2D eigenvalue weighted by Crippen LogP contribution is 2.42. The van der Waals surface area contributed by atoms with Crippen molar-refractivity contribution in [3.63, 3.8) is 0 Å². The summed E-state index contributed by atoms with van der Waals surface area (Å²) in [6, 6.07) is 38.7. The van der Waals surface area contributed by atoms with Crippen molar-refractivity contribution in [2.45, 2.75) is 0 Å². The summed E-state index contributed by atoms with van der Waals surface area (Å²) >= 11 is 1.86. The first kappa shape index (κ1) is 19.7. The van der Waals surface area contributed by atoms with E-state index in [2.05, 4.69) is 113 Å². The van der Waals surface area contributed by atoms with Crippen molar-refractivity contribution < 1.29 is 0 Å². The van der Waals surface area contributed by atoms with Gasteiger partial charge in [0.15, 0.2) is 0 Å². The van der Waals surface area contributed by atoms with Gasteiger partial charge in [-0.2, -0.15) is 0 Å². The first-order valence-electron chi connectivity index (χ1n) is 12.0. The molecule has 0 aliphatic heterocycles. The highest BCUT2D eigenvalue weighted by atomic mass is 32.1. The molecule has 0 N–H and O–H groups in total. The third kappa shape index (κ3) is 2.79. The van der Waals surface area contributed by atoms with Crippen LogP contribution in [0.25, 0.3) is 70.1 Å². The zero-order valence-corrected chi connectivity index (χ0v) is 20.0. The second-order valence-corrected chi connectivity index (χ2v) is 10.1. The molecule has 0 radical (unpaired) electrons. The van der Waals surface area contributed by atoms with Crippen LogP contribution in [0.4, 0.5) is 0 Å². The van der Waals surface area contributed by atoms with E-state index < -0.39 is 0 Å². The lowest BCUT2D eigenvalue weighted by Gasteiger charge is -2.07. The van der Waals surface area contributed by atoms with Gasteiger partial charge in [0.05, 0.1) is 32.5 Å². The number of rotatable bonds is 2. The van der Waals surface area contributed by atoms with Crippen LogP contribution >= 0.6 is 11.3 Å². The molecule has 0 unspecified atom stereocenters. The third-order valence-electron chi connectivity index (χ3n) is 7.05. The van der Waals surface area contributed by atoms with Crippen LogP contribution in [0.1, 0.15) is 0 Å². The molecule has 3 nitrogen and oxygen atoms in total. The summed E-state index contributed by atoms with van der Waals surface area (Å²) in [5.41, 5.74) is 8.97. The second kappa shape index (κ2) is 7.48. The lowest BCUT2D eigenvalue weighted by atomic mass is 10.0. The maximum absolute atomic E-state index is 5.03. The molecule has 4 aromatic carbocycles. The fourth-order valence-corrected chi connectivity index (χ4v) is 6.59. The van der Waals surface area contributed by atoms with Gasteiger partial charge in [0.1, 0.15) is 4.83 Å². The molecule has 0 bridgehead atoms. The predicted octanol–water partition coefficient (Wildman–Crippen LogP) is 8.74. The monoisotopic (exact) mass is 477 g/mol. The molecule has 8 aromatic rings. The number of fused-ring (bicyclic) bond motifs is 8. The van der Waals surface area contributed by atoms with E-state index >= 15 is 0 Å². The normalized spacial score (nSPS) is 11.9. The lowest BCUT2D eigenvalue weighted by molar-refractivity contribution is 1.37. The molecule has 8 rings (SSSR count). The van der Waals surface area contributed by atoms with E-state index in [1.54, 1.807) is 0 Å². The molecule has 0 spiro atoms. The Kier molecular flexibility index (Phi) is 4.10. The molecule has 4 heterocycles. The summed E-state index contributed by atoms with van der Waals surface area (Å²) in [5, 5.41) is 3.50. The summed E-state index contributed by atoms with van der Waals surface area (Å²) < 4.78 is 3.71. The average Bonchev–Trinajstić information content (AvgIpc) is 3.47. The molecule has 4 aromatic heterocycles. The number of hydrogen-bond donors (Lipinski definition) is 0. The van der Waals surface area contributed by atoms with Crippen molar-refractivity contribution in [1.29, 1.82) is 0 Å². The largest absolute Gasteiger partial charge is 0.299 e. The zero-order valence-electron chi connectivity index (χ0n) is 19.2. The summed E-state index contributed by atoms with van der Waals surface area (Å²) in [7, 11) is 0. The van der Waals surface area contributed by atoms with E-state index in [-0.39, 0.29) is 0 Å². The molecule has 0 saturated carbocycles. The predicted molar refractivity (Wildman–Crippen MR) is 152 cm³/mol. The first-order valence-corrected chi connectivity index (χ1v) is 12.8. The number of aromatic nitrogens is 3. The Morgan fingerprint density at radius 1 is 0.583 bits per heavy atom. The maximum Gasteiger partial charge on any atom is 0.109 e. The molecule has 0 amide bonds. The fraction of sp³-hybridized carbons (Fsp3) is 0. The molecule has 4 heteroatoms. The minimum atomic E-state index is 0.945. The van der Waals surface area contributed by atoms with Crippen LogP contribution in [0.3, 0.4) is 0 Å². The van der Waals surface area contributed by atoms with Gasteiger partial charge in [-0.05, 0) is 35.9 Å². The van der Waals surface area contributed by atoms with Crippen LogP contribution in [0.2, 0.25) is 0 Å². The lowest BCUT2D eigenvalue weighted by Crippen LogP contribution is -1.88. The Labute approximate surface area is 210 Å². The minimum Gasteiger partial charge on any atom is -0.299 e. The smallest absolute Gasteiger partial charge is 0.109 e. The van der Waals surface area contributed by atoms with E-state index in [4.69, 9.17) is 4.98 Å². The molecule has 0 aliphatic carbocycles. The summed E-state index contributed by atoms with van der Waals surface area (Å²) in [4.78, 5) is 10.9. The number of para-hydroxylation sites is 2. The molecule has 0 atom stereocenters. The van der Waals surface area contributed by atoms with E-state index in [0.29, 0.717) is 0 Å². The number of hydrogen-bond acceptors (Lipinski definition) is 3. The number of nitrogens with zero attached hydrogens (tertiary/aromatic N) is 3. The standard InChI is InChI=1S/C32H19N3S/c1-2-8-26-24(7-1)29(32-35(26)27-9-3-4-10-28(27)36-32)21-13-11-20(12-14-21)25-18-17-23-16-15-22-6-5-19-33-30(22)31(23)34-25/h1-19H. The van der Waals surface area contributed by atoms with Gasteiger partial charge in [0.25, 0.3) is 0 Å². The quantitative estimate of drug-likeness (QED) is 0.233. The Hall–Kier alpha value is -4.54. The van der Waals surface area contributed by atoms with Crippen molar-refractivity contribution in [1.82, 2.24) is 14.4 Å². The molecule has 0 fully saturated rings. The fourth-order valence-electron chi connectivity index (χ4n) is 5.36. The zero-order chi connectivity index (χ0) is 23.6. The van der Waals surface area contributed by atoms with Crippen LogP contribution in [-0.2, 0) is 0 Å². The third-order valence-corrected chi connectivity index (χ3v) is 8.19. The average molecular weight is 478 g/mol. The highest BCUT2D eigenvalue weighted by molar-refractivity contribution is 7.24. The summed E-state index contributed by atoms with van der Waals surface area (Å²) in [5.74, 6) is 0. The van der Waals surface area contributed by atoms with Gasteiger partial charge >= 0.3 is 0 Å². The van der Waals surface area contributed by atoms with E-state index in [1.165, 1.54) is 37.1 Å². The van der Waals surface area contributed by atoms with Gasteiger partial charge in [-0.25, -0.2) is 4.98 Å². The molecule has 0 aliphatic rings. The van der Waals surface area contributed by atoms with Gasteiger partial charge in [-0.1, -0.05) is 78.9 Å². The number of thiazole rings is 1. The van der Waals surface area contributed by atoms with E-state index in [0.717, 1.165) is 33.1 Å². The van der Waals surface area contributed by atoms with Crippen LogP contribution in [-0.4, -0.2) is 14.4 Å². The van der Waals surface area contributed by atoms with Crippen molar-refractivity contribution >= 4 is 59.1 Å². The summed E-state index contributed by atoms with van der Waals surface area (Å²) in [6.45, 7) is 0. The Morgan fingerprint density at radius 3 is 2.19 bits per heavy atom. The van der Waals surface area contributed by atoms with Crippen molar-refractivity contribution in [2.24, 2.45) is 0 Å².